The highest BCUT2D eigenvalue weighted by molar-refractivity contribution is 5.73. The molecule has 1 saturated heterocycles. The minimum atomic E-state index is -0.687. The van der Waals surface area contributed by atoms with Gasteiger partial charge in [0.15, 0.2) is 0 Å². The molecule has 0 saturated carbocycles. The van der Waals surface area contributed by atoms with Crippen molar-refractivity contribution in [1.29, 1.82) is 0 Å². The van der Waals surface area contributed by atoms with Crippen molar-refractivity contribution >= 4 is 5.97 Å². The Hall–Kier alpha value is -1.55. The molecule has 0 radical (unpaired) electrons. The third-order valence-corrected chi connectivity index (χ3v) is 4.43. The zero-order valence-corrected chi connectivity index (χ0v) is 12.7. The van der Waals surface area contributed by atoms with E-state index in [9.17, 15) is 15.0 Å². The number of nitrogens with zero attached hydrogens (tertiary/aromatic N) is 1. The first-order chi connectivity index (χ1) is 10.1. The van der Waals surface area contributed by atoms with Crippen LogP contribution in [0.15, 0.2) is 24.3 Å². The Bertz CT molecular complexity index is 458. The van der Waals surface area contributed by atoms with Crippen LogP contribution in [0.25, 0.3) is 0 Å². The van der Waals surface area contributed by atoms with Gasteiger partial charge in [-0.25, -0.2) is 0 Å². The Morgan fingerprint density at radius 3 is 2.67 bits per heavy atom. The topological polar surface area (TPSA) is 60.8 Å². The number of phenols is 1. The molecule has 1 aromatic carbocycles. The molecule has 2 rings (SSSR count). The van der Waals surface area contributed by atoms with Gasteiger partial charge in [-0.05, 0) is 56.8 Å². The second kappa shape index (κ2) is 7.46. The van der Waals surface area contributed by atoms with Crippen LogP contribution in [0.3, 0.4) is 0 Å². The maximum atomic E-state index is 11.5. The highest BCUT2D eigenvalue weighted by Crippen LogP contribution is 2.22. The second-order valence-corrected chi connectivity index (χ2v) is 6.00. The molecule has 21 heavy (non-hydrogen) atoms. The Labute approximate surface area is 126 Å². The lowest BCUT2D eigenvalue weighted by Crippen LogP contribution is -2.46. The molecule has 1 heterocycles. The molecule has 2 atom stereocenters. The summed E-state index contributed by atoms with van der Waals surface area (Å²) in [5.74, 6) is -0.404. The summed E-state index contributed by atoms with van der Waals surface area (Å²) in [6, 6.07) is 7.19. The Kier molecular flexibility index (Phi) is 5.62. The van der Waals surface area contributed by atoms with Gasteiger partial charge in [-0.1, -0.05) is 25.0 Å². The number of hydrogen-bond acceptors (Lipinski definition) is 3. The van der Waals surface area contributed by atoms with E-state index < -0.39 is 5.97 Å². The monoisotopic (exact) mass is 291 g/mol. The fraction of sp³-hybridized carbons (Fsp3) is 0.588. The van der Waals surface area contributed by atoms with E-state index in [-0.39, 0.29) is 17.8 Å². The van der Waals surface area contributed by atoms with Crippen molar-refractivity contribution in [2.24, 2.45) is 0 Å². The Morgan fingerprint density at radius 2 is 2.00 bits per heavy atom. The van der Waals surface area contributed by atoms with Crippen molar-refractivity contribution in [2.45, 2.75) is 57.5 Å². The molecule has 2 N–H and O–H groups in total. The van der Waals surface area contributed by atoms with Gasteiger partial charge in [-0.2, -0.15) is 0 Å². The molecule has 0 aliphatic carbocycles. The van der Waals surface area contributed by atoms with Crippen LogP contribution in [0, 0.1) is 0 Å². The Morgan fingerprint density at radius 1 is 1.29 bits per heavy atom. The van der Waals surface area contributed by atoms with Gasteiger partial charge in [-0.15, -0.1) is 0 Å². The molecular formula is C17H25NO3. The van der Waals surface area contributed by atoms with E-state index in [0.29, 0.717) is 0 Å². The summed E-state index contributed by atoms with van der Waals surface area (Å²) in [4.78, 5) is 13.6. The number of carbonyl (C=O) groups is 1. The van der Waals surface area contributed by atoms with Crippen molar-refractivity contribution in [2.75, 3.05) is 6.54 Å². The summed E-state index contributed by atoms with van der Waals surface area (Å²) in [6.07, 6.45) is 5.84. The van der Waals surface area contributed by atoms with Gasteiger partial charge >= 0.3 is 5.97 Å². The van der Waals surface area contributed by atoms with Crippen LogP contribution in [0.5, 0.6) is 5.75 Å². The van der Waals surface area contributed by atoms with Crippen LogP contribution in [-0.2, 0) is 11.2 Å². The minimum Gasteiger partial charge on any atom is -0.508 e. The number of phenolic OH excluding ortho intramolecular Hbond substituents is 1. The lowest BCUT2D eigenvalue weighted by atomic mass is 10.0. The average molecular weight is 291 g/mol. The molecule has 0 amide bonds. The largest absolute Gasteiger partial charge is 0.508 e. The van der Waals surface area contributed by atoms with Gasteiger partial charge in [0.05, 0.1) is 0 Å². The fourth-order valence-corrected chi connectivity index (χ4v) is 3.13. The third kappa shape index (κ3) is 4.46. The summed E-state index contributed by atoms with van der Waals surface area (Å²) in [5.41, 5.74) is 1.18. The second-order valence-electron chi connectivity index (χ2n) is 6.00. The van der Waals surface area contributed by atoms with E-state index in [1.807, 2.05) is 12.1 Å². The predicted molar refractivity (Wildman–Crippen MR) is 82.5 cm³/mol. The van der Waals surface area contributed by atoms with Crippen LogP contribution in [0.4, 0.5) is 0 Å². The molecule has 1 fully saturated rings. The van der Waals surface area contributed by atoms with Crippen LogP contribution >= 0.6 is 0 Å². The van der Waals surface area contributed by atoms with Crippen LogP contribution in [0.1, 0.15) is 44.6 Å². The standard InChI is InChI=1S/C17H25NO3/c1-13(6-7-14-8-10-15(19)11-9-14)18-12-4-2-3-5-16(18)17(20)21/h8-11,13,16,19H,2-7,12H2,1H3,(H,20,21). The lowest BCUT2D eigenvalue weighted by molar-refractivity contribution is -0.144. The minimum absolute atomic E-state index is 0.262. The summed E-state index contributed by atoms with van der Waals surface area (Å²) in [5, 5.41) is 18.7. The first kappa shape index (κ1) is 15.8. The first-order valence-electron chi connectivity index (χ1n) is 7.84. The molecule has 4 nitrogen and oxygen atoms in total. The zero-order chi connectivity index (χ0) is 15.2. The number of carboxylic acid groups (broad SMARTS) is 1. The van der Waals surface area contributed by atoms with Crippen molar-refractivity contribution in [1.82, 2.24) is 4.90 Å². The SMILES string of the molecule is CC(CCc1ccc(O)cc1)N1CCCCCC1C(=O)O. The number of aliphatic carboxylic acids is 1. The molecule has 1 aliphatic heterocycles. The molecule has 1 aliphatic rings. The first-order valence-corrected chi connectivity index (χ1v) is 7.84. The molecular weight excluding hydrogens is 266 g/mol. The maximum absolute atomic E-state index is 11.5. The van der Waals surface area contributed by atoms with Gasteiger partial charge in [0.1, 0.15) is 11.8 Å². The molecule has 1 aromatic rings. The molecule has 2 unspecified atom stereocenters. The van der Waals surface area contributed by atoms with Crippen LogP contribution in [0.2, 0.25) is 0 Å². The highest BCUT2D eigenvalue weighted by Gasteiger charge is 2.30. The Balaban J connectivity index is 1.94. The highest BCUT2D eigenvalue weighted by atomic mass is 16.4. The zero-order valence-electron chi connectivity index (χ0n) is 12.7. The van der Waals surface area contributed by atoms with Crippen molar-refractivity contribution in [3.8, 4) is 5.75 Å². The van der Waals surface area contributed by atoms with E-state index in [1.165, 1.54) is 5.56 Å². The number of carboxylic acids is 1. The lowest BCUT2D eigenvalue weighted by Gasteiger charge is -2.32. The van der Waals surface area contributed by atoms with E-state index >= 15 is 0 Å². The molecule has 116 valence electrons. The number of rotatable bonds is 5. The van der Waals surface area contributed by atoms with Gasteiger partial charge < -0.3 is 10.2 Å². The third-order valence-electron chi connectivity index (χ3n) is 4.43. The van der Waals surface area contributed by atoms with Gasteiger partial charge in [0, 0.05) is 6.04 Å². The van der Waals surface area contributed by atoms with Crippen molar-refractivity contribution in [3.63, 3.8) is 0 Å². The number of aromatic hydroxyl groups is 1. The normalized spacial score (nSPS) is 21.7. The number of hydrogen-bond donors (Lipinski definition) is 2. The maximum Gasteiger partial charge on any atom is 0.320 e. The average Bonchev–Trinajstić information content (AvgIpc) is 2.72. The van der Waals surface area contributed by atoms with E-state index in [4.69, 9.17) is 0 Å². The van der Waals surface area contributed by atoms with E-state index in [0.717, 1.165) is 45.1 Å². The summed E-state index contributed by atoms with van der Waals surface area (Å²) >= 11 is 0. The molecule has 4 heteroatoms. The molecule has 0 spiro atoms. The summed E-state index contributed by atoms with van der Waals surface area (Å²) in [6.45, 7) is 3.01. The van der Waals surface area contributed by atoms with Gasteiger partial charge in [0.2, 0.25) is 0 Å². The van der Waals surface area contributed by atoms with Crippen LogP contribution in [-0.4, -0.2) is 39.7 Å². The van der Waals surface area contributed by atoms with E-state index in [1.54, 1.807) is 12.1 Å². The molecule has 0 aromatic heterocycles. The summed E-state index contributed by atoms with van der Waals surface area (Å²) in [7, 11) is 0. The smallest absolute Gasteiger partial charge is 0.320 e. The molecule has 0 bridgehead atoms. The van der Waals surface area contributed by atoms with Crippen LogP contribution < -0.4 is 0 Å². The summed E-state index contributed by atoms with van der Waals surface area (Å²) < 4.78 is 0. The van der Waals surface area contributed by atoms with E-state index in [2.05, 4.69) is 11.8 Å². The quantitative estimate of drug-likeness (QED) is 0.875. The number of aryl methyl sites for hydroxylation is 1. The van der Waals surface area contributed by atoms with Crippen molar-refractivity contribution in [3.05, 3.63) is 29.8 Å². The van der Waals surface area contributed by atoms with Gasteiger partial charge in [0.25, 0.3) is 0 Å². The van der Waals surface area contributed by atoms with Crippen molar-refractivity contribution < 1.29 is 15.0 Å². The number of benzene rings is 1. The predicted octanol–water partition coefficient (Wildman–Crippen LogP) is 3.04. The van der Waals surface area contributed by atoms with Gasteiger partial charge in [-0.3, -0.25) is 9.69 Å². The fourth-order valence-electron chi connectivity index (χ4n) is 3.13. The number of likely N-dealkylation sites (tertiary alicyclic amines) is 1.